The topological polar surface area (TPSA) is 71.5 Å². The lowest BCUT2D eigenvalue weighted by Crippen LogP contribution is -2.33. The van der Waals surface area contributed by atoms with Gasteiger partial charge in [0.2, 0.25) is 0 Å². The van der Waals surface area contributed by atoms with Gasteiger partial charge in [0.05, 0.1) is 7.11 Å². The van der Waals surface area contributed by atoms with E-state index in [-0.39, 0.29) is 11.8 Å². The maximum Gasteiger partial charge on any atom is 0.272 e. The Morgan fingerprint density at radius 3 is 2.48 bits per heavy atom. The number of hydrogen-bond acceptors (Lipinski definition) is 4. The number of pyridine rings is 1. The van der Waals surface area contributed by atoms with E-state index in [4.69, 9.17) is 4.74 Å². The quantitative estimate of drug-likeness (QED) is 0.736. The van der Waals surface area contributed by atoms with E-state index in [1.165, 1.54) is 6.20 Å². The van der Waals surface area contributed by atoms with Crippen LogP contribution in [0.5, 0.6) is 5.75 Å². The fourth-order valence-electron chi connectivity index (χ4n) is 2.83. The van der Waals surface area contributed by atoms with Crippen molar-refractivity contribution in [1.29, 1.82) is 0 Å². The molecule has 0 unspecified atom stereocenters. The van der Waals surface area contributed by atoms with Crippen LogP contribution in [0.3, 0.4) is 0 Å². The molecular formula is C21H27N3O3. The standard InChI is InChI=1S/C21H27N3O3/c1-4-12-24(13-5-2)21(26)18-14-16(10-11-22-18)20(25)23-15-17-8-6-7-9-19(17)27-3/h6-11,14H,4-5,12-13,15H2,1-3H3,(H,23,25). The third kappa shape index (κ3) is 5.54. The third-order valence-corrected chi connectivity index (χ3v) is 4.15. The van der Waals surface area contributed by atoms with Gasteiger partial charge in [-0.2, -0.15) is 0 Å². The van der Waals surface area contributed by atoms with Gasteiger partial charge >= 0.3 is 0 Å². The molecule has 2 rings (SSSR count). The molecule has 2 amide bonds. The summed E-state index contributed by atoms with van der Waals surface area (Å²) in [7, 11) is 1.60. The van der Waals surface area contributed by atoms with Crippen LogP contribution in [0.25, 0.3) is 0 Å². The normalized spacial score (nSPS) is 10.3. The third-order valence-electron chi connectivity index (χ3n) is 4.15. The van der Waals surface area contributed by atoms with Crippen LogP contribution in [-0.2, 0) is 6.54 Å². The number of benzene rings is 1. The van der Waals surface area contributed by atoms with Gasteiger partial charge in [-0.05, 0) is 31.0 Å². The highest BCUT2D eigenvalue weighted by Crippen LogP contribution is 2.17. The van der Waals surface area contributed by atoms with Crippen molar-refractivity contribution in [2.75, 3.05) is 20.2 Å². The Hall–Kier alpha value is -2.89. The first-order valence-electron chi connectivity index (χ1n) is 9.26. The van der Waals surface area contributed by atoms with E-state index in [1.54, 1.807) is 24.1 Å². The number of carbonyl (C=O) groups excluding carboxylic acids is 2. The number of amides is 2. The van der Waals surface area contributed by atoms with Crippen LogP contribution in [-0.4, -0.2) is 41.9 Å². The minimum absolute atomic E-state index is 0.141. The second-order valence-electron chi connectivity index (χ2n) is 6.22. The minimum Gasteiger partial charge on any atom is -0.496 e. The van der Waals surface area contributed by atoms with E-state index in [0.29, 0.717) is 30.9 Å². The van der Waals surface area contributed by atoms with E-state index >= 15 is 0 Å². The summed E-state index contributed by atoms with van der Waals surface area (Å²) >= 11 is 0. The van der Waals surface area contributed by atoms with Gasteiger partial charge in [0.25, 0.3) is 11.8 Å². The molecule has 0 bridgehead atoms. The van der Waals surface area contributed by atoms with Gasteiger partial charge in [-0.3, -0.25) is 14.6 Å². The van der Waals surface area contributed by atoms with Crippen LogP contribution >= 0.6 is 0 Å². The van der Waals surface area contributed by atoms with Gasteiger partial charge in [-0.25, -0.2) is 0 Å². The number of methoxy groups -OCH3 is 1. The van der Waals surface area contributed by atoms with Gasteiger partial charge in [-0.15, -0.1) is 0 Å². The van der Waals surface area contributed by atoms with Crippen LogP contribution in [0, 0.1) is 0 Å². The molecule has 144 valence electrons. The summed E-state index contributed by atoms with van der Waals surface area (Å²) < 4.78 is 5.29. The van der Waals surface area contributed by atoms with Crippen LogP contribution in [0.15, 0.2) is 42.6 Å². The van der Waals surface area contributed by atoms with E-state index in [2.05, 4.69) is 10.3 Å². The molecule has 1 heterocycles. The highest BCUT2D eigenvalue weighted by molar-refractivity contribution is 5.98. The van der Waals surface area contributed by atoms with Gasteiger partial charge in [0, 0.05) is 37.0 Å². The fourth-order valence-corrected chi connectivity index (χ4v) is 2.83. The lowest BCUT2D eigenvalue weighted by Gasteiger charge is -2.21. The van der Waals surface area contributed by atoms with Crippen LogP contribution in [0.4, 0.5) is 0 Å². The van der Waals surface area contributed by atoms with E-state index in [0.717, 1.165) is 24.2 Å². The van der Waals surface area contributed by atoms with Crippen molar-refractivity contribution in [3.63, 3.8) is 0 Å². The predicted molar refractivity (Wildman–Crippen MR) is 105 cm³/mol. The van der Waals surface area contributed by atoms with Crippen LogP contribution in [0.2, 0.25) is 0 Å². The predicted octanol–water partition coefficient (Wildman–Crippen LogP) is 3.28. The largest absolute Gasteiger partial charge is 0.496 e. The Morgan fingerprint density at radius 1 is 1.11 bits per heavy atom. The average molecular weight is 369 g/mol. The van der Waals surface area contributed by atoms with E-state index in [1.807, 2.05) is 38.1 Å². The van der Waals surface area contributed by atoms with Crippen molar-refractivity contribution >= 4 is 11.8 Å². The summed E-state index contributed by atoms with van der Waals surface area (Å²) in [5.74, 6) is 0.325. The first-order chi connectivity index (χ1) is 13.1. The van der Waals surface area contributed by atoms with Crippen LogP contribution in [0.1, 0.15) is 53.1 Å². The number of hydrogen-bond donors (Lipinski definition) is 1. The smallest absolute Gasteiger partial charge is 0.272 e. The molecule has 0 saturated carbocycles. The summed E-state index contributed by atoms with van der Waals surface area (Å²) in [5.41, 5.74) is 1.59. The van der Waals surface area contributed by atoms with Crippen molar-refractivity contribution in [3.05, 3.63) is 59.4 Å². The molecule has 0 radical (unpaired) electrons. The molecule has 0 aliphatic rings. The molecule has 1 aromatic heterocycles. The monoisotopic (exact) mass is 369 g/mol. The number of aromatic nitrogens is 1. The zero-order valence-electron chi connectivity index (χ0n) is 16.2. The number of nitrogens with one attached hydrogen (secondary N) is 1. The zero-order valence-corrected chi connectivity index (χ0v) is 16.2. The number of carbonyl (C=O) groups is 2. The number of ether oxygens (including phenoxy) is 1. The SMILES string of the molecule is CCCN(CCC)C(=O)c1cc(C(=O)NCc2ccccc2OC)ccn1. The lowest BCUT2D eigenvalue weighted by molar-refractivity contribution is 0.0749. The van der Waals surface area contributed by atoms with Crippen LogP contribution < -0.4 is 10.1 Å². The lowest BCUT2D eigenvalue weighted by atomic mass is 10.1. The molecular weight excluding hydrogens is 342 g/mol. The van der Waals surface area contributed by atoms with Gasteiger partial charge in [0.1, 0.15) is 11.4 Å². The van der Waals surface area contributed by atoms with Crippen molar-refractivity contribution in [1.82, 2.24) is 15.2 Å². The Bertz CT molecular complexity index is 771. The Kier molecular flexibility index (Phi) is 7.79. The molecule has 2 aromatic rings. The molecule has 6 heteroatoms. The van der Waals surface area contributed by atoms with Gasteiger partial charge in [0.15, 0.2) is 0 Å². The van der Waals surface area contributed by atoms with E-state index in [9.17, 15) is 9.59 Å². The van der Waals surface area contributed by atoms with Crippen molar-refractivity contribution in [2.45, 2.75) is 33.2 Å². The summed E-state index contributed by atoms with van der Waals surface area (Å²) in [6.45, 7) is 5.76. The second kappa shape index (κ2) is 10.3. The van der Waals surface area contributed by atoms with Crippen molar-refractivity contribution in [2.24, 2.45) is 0 Å². The molecule has 1 N–H and O–H groups in total. The first kappa shape index (κ1) is 20.4. The fraction of sp³-hybridized carbons (Fsp3) is 0.381. The molecule has 0 aliphatic heterocycles. The van der Waals surface area contributed by atoms with Gasteiger partial charge < -0.3 is 15.0 Å². The maximum absolute atomic E-state index is 12.7. The molecule has 0 saturated heterocycles. The Labute approximate surface area is 160 Å². The molecule has 0 aliphatic carbocycles. The highest BCUT2D eigenvalue weighted by atomic mass is 16.5. The summed E-state index contributed by atoms with van der Waals surface area (Å²) in [6.07, 6.45) is 3.26. The molecule has 1 aromatic carbocycles. The van der Waals surface area contributed by atoms with Crippen molar-refractivity contribution in [3.8, 4) is 5.75 Å². The molecule has 0 atom stereocenters. The van der Waals surface area contributed by atoms with Gasteiger partial charge in [-0.1, -0.05) is 32.0 Å². The minimum atomic E-state index is -0.255. The number of para-hydroxylation sites is 1. The maximum atomic E-state index is 12.7. The first-order valence-corrected chi connectivity index (χ1v) is 9.26. The molecule has 6 nitrogen and oxygen atoms in total. The second-order valence-corrected chi connectivity index (χ2v) is 6.22. The summed E-state index contributed by atoms with van der Waals surface area (Å²) in [6, 6.07) is 10.7. The highest BCUT2D eigenvalue weighted by Gasteiger charge is 2.17. The number of nitrogens with zero attached hydrogens (tertiary/aromatic N) is 2. The molecule has 27 heavy (non-hydrogen) atoms. The zero-order chi connectivity index (χ0) is 19.6. The summed E-state index contributed by atoms with van der Waals surface area (Å²) in [5, 5.41) is 2.86. The number of rotatable bonds is 9. The Balaban J connectivity index is 2.09. The Morgan fingerprint density at radius 2 is 1.81 bits per heavy atom. The molecule has 0 spiro atoms. The van der Waals surface area contributed by atoms with E-state index < -0.39 is 0 Å². The molecule has 0 fully saturated rings. The summed E-state index contributed by atoms with van der Waals surface area (Å²) in [4.78, 5) is 31.1. The average Bonchev–Trinajstić information content (AvgIpc) is 2.71. The van der Waals surface area contributed by atoms with Crippen molar-refractivity contribution < 1.29 is 14.3 Å².